The van der Waals surface area contributed by atoms with Gasteiger partial charge in [-0.25, -0.2) is 0 Å². The van der Waals surface area contributed by atoms with Crippen molar-refractivity contribution in [1.29, 1.82) is 0 Å². The van der Waals surface area contributed by atoms with Crippen LogP contribution in [0.1, 0.15) is 31.7 Å². The molecule has 0 bridgehead atoms. The maximum atomic E-state index is 12.0. The van der Waals surface area contributed by atoms with E-state index in [4.69, 9.17) is 0 Å². The van der Waals surface area contributed by atoms with Gasteiger partial charge in [0.1, 0.15) is 0 Å². The maximum absolute atomic E-state index is 12.0. The number of carbonyl (C=O) groups is 1. The Bertz CT molecular complexity index is 436. The molecule has 1 atom stereocenters. The second-order valence-corrected chi connectivity index (χ2v) is 4.92. The molecule has 2 rings (SSSR count). The molecule has 0 N–H and O–H groups in total. The first-order valence-electron chi connectivity index (χ1n) is 6.15. The highest BCUT2D eigenvalue weighted by Gasteiger charge is 2.30. The van der Waals surface area contributed by atoms with E-state index in [0.717, 1.165) is 12.2 Å². The van der Waals surface area contributed by atoms with E-state index in [0.29, 0.717) is 18.3 Å². The molecule has 90 valence electrons. The van der Waals surface area contributed by atoms with Crippen LogP contribution in [0, 0.1) is 5.92 Å². The van der Waals surface area contributed by atoms with Gasteiger partial charge in [0, 0.05) is 24.6 Å². The lowest BCUT2D eigenvalue weighted by molar-refractivity contribution is -0.117. The lowest BCUT2D eigenvalue weighted by Gasteiger charge is -2.21. The number of para-hydroxylation sites is 1. The summed E-state index contributed by atoms with van der Waals surface area (Å²) >= 11 is 0. The van der Waals surface area contributed by atoms with Crippen molar-refractivity contribution in [3.63, 3.8) is 0 Å². The van der Waals surface area contributed by atoms with Gasteiger partial charge >= 0.3 is 0 Å². The molecule has 1 unspecified atom stereocenters. The van der Waals surface area contributed by atoms with Gasteiger partial charge in [-0.15, -0.1) is 6.58 Å². The molecule has 0 aromatic heterocycles. The summed E-state index contributed by atoms with van der Waals surface area (Å²) in [6.45, 7) is 8.87. The van der Waals surface area contributed by atoms with Crippen LogP contribution in [0.4, 0.5) is 5.69 Å². The van der Waals surface area contributed by atoms with E-state index in [1.54, 1.807) is 0 Å². The Morgan fingerprint density at radius 1 is 1.41 bits per heavy atom. The Morgan fingerprint density at radius 2 is 2.12 bits per heavy atom. The zero-order valence-electron chi connectivity index (χ0n) is 10.5. The van der Waals surface area contributed by atoms with Gasteiger partial charge in [-0.3, -0.25) is 4.79 Å². The number of carbonyl (C=O) groups excluding carboxylic acids is 1. The van der Waals surface area contributed by atoms with Crippen LogP contribution in [0.5, 0.6) is 0 Å². The monoisotopic (exact) mass is 229 g/mol. The maximum Gasteiger partial charge on any atom is 0.227 e. The molecule has 2 heteroatoms. The number of nitrogens with zero attached hydrogens (tertiary/aromatic N) is 1. The lowest BCUT2D eigenvalue weighted by atomic mass is 10.0. The Kier molecular flexibility index (Phi) is 3.32. The number of benzene rings is 1. The molecular weight excluding hydrogens is 210 g/mol. The number of rotatable bonds is 3. The van der Waals surface area contributed by atoms with Crippen molar-refractivity contribution >= 4 is 11.6 Å². The summed E-state index contributed by atoms with van der Waals surface area (Å²) < 4.78 is 0. The van der Waals surface area contributed by atoms with Crippen molar-refractivity contribution < 1.29 is 4.79 Å². The van der Waals surface area contributed by atoms with Gasteiger partial charge in [-0.2, -0.15) is 0 Å². The fourth-order valence-corrected chi connectivity index (χ4v) is 2.35. The smallest absolute Gasteiger partial charge is 0.227 e. The second-order valence-electron chi connectivity index (χ2n) is 4.92. The van der Waals surface area contributed by atoms with E-state index >= 15 is 0 Å². The fraction of sp³-hybridized carbons (Fsp3) is 0.400. The Balaban J connectivity index is 2.34. The van der Waals surface area contributed by atoms with Crippen LogP contribution >= 0.6 is 0 Å². The lowest BCUT2D eigenvalue weighted by Crippen LogP contribution is -2.25. The van der Waals surface area contributed by atoms with Crippen LogP contribution in [0.2, 0.25) is 0 Å². The Labute approximate surface area is 103 Å². The first-order valence-corrected chi connectivity index (χ1v) is 6.15. The quantitative estimate of drug-likeness (QED) is 0.728. The first kappa shape index (κ1) is 11.9. The molecule has 0 aliphatic carbocycles. The van der Waals surface area contributed by atoms with Gasteiger partial charge in [0.25, 0.3) is 0 Å². The summed E-state index contributed by atoms with van der Waals surface area (Å²) in [7, 11) is 0. The predicted molar refractivity (Wildman–Crippen MR) is 71.2 cm³/mol. The Morgan fingerprint density at radius 3 is 2.71 bits per heavy atom. The third-order valence-electron chi connectivity index (χ3n) is 3.34. The van der Waals surface area contributed by atoms with Gasteiger partial charge in [0.15, 0.2) is 0 Å². The van der Waals surface area contributed by atoms with E-state index < -0.39 is 0 Å². The van der Waals surface area contributed by atoms with Crippen LogP contribution in [0.15, 0.2) is 36.9 Å². The van der Waals surface area contributed by atoms with E-state index in [1.807, 2.05) is 29.2 Å². The van der Waals surface area contributed by atoms with E-state index in [2.05, 4.69) is 26.5 Å². The molecule has 1 aromatic rings. The average Bonchev–Trinajstić information content (AvgIpc) is 2.70. The number of hydrogen-bond donors (Lipinski definition) is 0. The van der Waals surface area contributed by atoms with Crippen LogP contribution in [0.25, 0.3) is 0 Å². The molecule has 17 heavy (non-hydrogen) atoms. The molecular formula is C15H19NO. The fourth-order valence-electron chi connectivity index (χ4n) is 2.35. The van der Waals surface area contributed by atoms with E-state index in [-0.39, 0.29) is 5.91 Å². The molecule has 1 heterocycles. The molecule has 1 aromatic carbocycles. The molecule has 0 radical (unpaired) electrons. The van der Waals surface area contributed by atoms with Gasteiger partial charge < -0.3 is 4.90 Å². The van der Waals surface area contributed by atoms with E-state index in [1.165, 1.54) is 5.56 Å². The normalized spacial score (nSPS) is 20.1. The minimum Gasteiger partial charge on any atom is -0.312 e. The molecule has 1 saturated heterocycles. The zero-order chi connectivity index (χ0) is 12.4. The largest absolute Gasteiger partial charge is 0.312 e. The third kappa shape index (κ3) is 2.26. The van der Waals surface area contributed by atoms with Crippen molar-refractivity contribution in [2.24, 2.45) is 5.92 Å². The molecule has 1 amide bonds. The highest BCUT2D eigenvalue weighted by molar-refractivity contribution is 5.96. The predicted octanol–water partition coefficient (Wildman–Crippen LogP) is 3.35. The summed E-state index contributed by atoms with van der Waals surface area (Å²) in [5.41, 5.74) is 2.31. The molecule has 2 nitrogen and oxygen atoms in total. The van der Waals surface area contributed by atoms with E-state index in [9.17, 15) is 4.79 Å². The number of amides is 1. The molecule has 1 fully saturated rings. The summed E-state index contributed by atoms with van der Waals surface area (Å²) in [4.78, 5) is 13.9. The van der Waals surface area contributed by atoms with Crippen LogP contribution < -0.4 is 4.90 Å². The van der Waals surface area contributed by atoms with Crippen molar-refractivity contribution in [2.75, 3.05) is 11.4 Å². The highest BCUT2D eigenvalue weighted by Crippen LogP contribution is 2.32. The van der Waals surface area contributed by atoms with Crippen molar-refractivity contribution in [3.05, 3.63) is 42.5 Å². The number of hydrogen-bond acceptors (Lipinski definition) is 1. The SMILES string of the molecule is C=CC1CC(=O)N(c2ccccc2C(C)C)C1. The summed E-state index contributed by atoms with van der Waals surface area (Å²) in [6, 6.07) is 8.17. The summed E-state index contributed by atoms with van der Waals surface area (Å²) in [5, 5.41) is 0. The molecule has 0 spiro atoms. The van der Waals surface area contributed by atoms with Crippen molar-refractivity contribution in [2.45, 2.75) is 26.2 Å². The minimum atomic E-state index is 0.211. The molecule has 1 aliphatic rings. The van der Waals surface area contributed by atoms with Gasteiger partial charge in [-0.1, -0.05) is 38.1 Å². The zero-order valence-corrected chi connectivity index (χ0v) is 10.5. The first-order chi connectivity index (χ1) is 8.13. The van der Waals surface area contributed by atoms with Crippen LogP contribution in [-0.2, 0) is 4.79 Å². The average molecular weight is 229 g/mol. The second kappa shape index (κ2) is 4.74. The molecule has 1 aliphatic heterocycles. The molecule has 0 saturated carbocycles. The van der Waals surface area contributed by atoms with Crippen LogP contribution in [0.3, 0.4) is 0 Å². The van der Waals surface area contributed by atoms with Gasteiger partial charge in [-0.05, 0) is 17.5 Å². The summed E-state index contributed by atoms with van der Waals surface area (Å²) in [5.74, 6) is 0.937. The standard InChI is InChI=1S/C15H19NO/c1-4-12-9-15(17)16(10-12)14-8-6-5-7-13(14)11(2)3/h4-8,11-12H,1,9-10H2,2-3H3. The Hall–Kier alpha value is -1.57. The van der Waals surface area contributed by atoms with Crippen LogP contribution in [-0.4, -0.2) is 12.5 Å². The van der Waals surface area contributed by atoms with Crippen molar-refractivity contribution in [1.82, 2.24) is 0 Å². The number of anilines is 1. The third-order valence-corrected chi connectivity index (χ3v) is 3.34. The van der Waals surface area contributed by atoms with Gasteiger partial charge in [0.2, 0.25) is 5.91 Å². The van der Waals surface area contributed by atoms with Gasteiger partial charge in [0.05, 0.1) is 0 Å². The highest BCUT2D eigenvalue weighted by atomic mass is 16.2. The summed E-state index contributed by atoms with van der Waals surface area (Å²) in [6.07, 6.45) is 2.48. The topological polar surface area (TPSA) is 20.3 Å². The minimum absolute atomic E-state index is 0.211. The van der Waals surface area contributed by atoms with Crippen molar-refractivity contribution in [3.8, 4) is 0 Å².